The summed E-state index contributed by atoms with van der Waals surface area (Å²) in [6.07, 6.45) is 9.77. The van der Waals surface area contributed by atoms with Crippen molar-refractivity contribution < 1.29 is 28.7 Å². The maximum Gasteiger partial charge on any atom is 0.265 e. The number of hydrogen-bond acceptors (Lipinski definition) is 10. The summed E-state index contributed by atoms with van der Waals surface area (Å²) >= 11 is 3.14. The molecule has 5 rings (SSSR count). The van der Waals surface area contributed by atoms with Gasteiger partial charge in [0, 0.05) is 48.7 Å². The summed E-state index contributed by atoms with van der Waals surface area (Å²) in [5, 5.41) is 14.9. The van der Waals surface area contributed by atoms with Gasteiger partial charge in [-0.15, -0.1) is 6.42 Å². The number of Topliss-reactive ketones (excluding diaryl/α,β-unsaturated/α-hetero) is 1. The lowest BCUT2D eigenvalue weighted by atomic mass is 9.82. The number of carbonyl (C=O) groups excluding carboxylic acids is 2. The smallest absolute Gasteiger partial charge is 0.265 e. The van der Waals surface area contributed by atoms with E-state index in [1.54, 1.807) is 0 Å². The van der Waals surface area contributed by atoms with E-state index >= 15 is 0 Å². The highest BCUT2D eigenvalue weighted by molar-refractivity contribution is 7.99. The summed E-state index contributed by atoms with van der Waals surface area (Å²) in [6.45, 7) is 13.7. The number of carbonyl (C=O) groups is 2. The monoisotopic (exact) mass is 699 g/mol. The normalized spacial score (nSPS) is 19.6. The first-order chi connectivity index (χ1) is 22.9. The fourth-order valence-corrected chi connectivity index (χ4v) is 7.87. The van der Waals surface area contributed by atoms with Crippen LogP contribution in [0.3, 0.4) is 0 Å². The van der Waals surface area contributed by atoms with Gasteiger partial charge in [0.25, 0.3) is 5.91 Å². The second-order valence-electron chi connectivity index (χ2n) is 12.9. The SMILES string of the molecule is C#CCN1C(=O)COc2cc(F)c(/N=c3\snc4n3CC(C)(C)C4)cc21.CCC/C(=N/OCC)C1=C(O)CC(CC(C)SCC)CC1=O. The zero-order chi connectivity index (χ0) is 35.0. The average Bonchev–Trinajstić information content (AvgIpc) is 3.53. The predicted octanol–water partition coefficient (Wildman–Crippen LogP) is 6.76. The van der Waals surface area contributed by atoms with Crippen LogP contribution in [0.5, 0.6) is 5.75 Å². The highest BCUT2D eigenvalue weighted by Gasteiger charge is 2.33. The van der Waals surface area contributed by atoms with Gasteiger partial charge in [-0.25, -0.2) is 9.38 Å². The van der Waals surface area contributed by atoms with Crippen LogP contribution >= 0.6 is 23.3 Å². The van der Waals surface area contributed by atoms with Crippen molar-refractivity contribution in [2.75, 3.05) is 30.4 Å². The Morgan fingerprint density at radius 2 is 2.08 bits per heavy atom. The number of ether oxygens (including phenoxy) is 1. The molecule has 3 aliphatic rings. The summed E-state index contributed by atoms with van der Waals surface area (Å²) in [4.78, 5) is 36.1. The third-order valence-corrected chi connectivity index (χ3v) is 10.0. The van der Waals surface area contributed by atoms with E-state index in [0.29, 0.717) is 58.6 Å². The minimum atomic E-state index is -0.515. The predicted molar refractivity (Wildman–Crippen MR) is 189 cm³/mol. The number of aromatic nitrogens is 2. The first kappa shape index (κ1) is 37.2. The molecule has 2 unspecified atom stereocenters. The van der Waals surface area contributed by atoms with Crippen LogP contribution in [0.2, 0.25) is 0 Å². The molecule has 1 amide bonds. The molecule has 0 saturated carbocycles. The number of aliphatic hydroxyl groups is 1. The molecule has 1 aromatic heterocycles. The number of fused-ring (bicyclic) bond motifs is 2. The van der Waals surface area contributed by atoms with E-state index in [0.717, 1.165) is 37.4 Å². The Morgan fingerprint density at radius 1 is 1.31 bits per heavy atom. The van der Waals surface area contributed by atoms with Crippen LogP contribution in [0.25, 0.3) is 0 Å². The van der Waals surface area contributed by atoms with Gasteiger partial charge in [0.05, 0.1) is 23.5 Å². The molecule has 1 aromatic carbocycles. The molecule has 0 spiro atoms. The number of thioether (sulfide) groups is 1. The number of allylic oxidation sites excluding steroid dienone is 2. The summed E-state index contributed by atoms with van der Waals surface area (Å²) in [5.41, 5.74) is 1.68. The summed E-state index contributed by atoms with van der Waals surface area (Å²) in [5.74, 6) is 4.44. The van der Waals surface area contributed by atoms with Gasteiger partial charge >= 0.3 is 0 Å². The van der Waals surface area contributed by atoms with Crippen molar-refractivity contribution in [2.45, 2.75) is 91.9 Å². The third kappa shape index (κ3) is 9.08. The molecule has 10 nitrogen and oxygen atoms in total. The van der Waals surface area contributed by atoms with Crippen molar-refractivity contribution in [3.05, 3.63) is 39.9 Å². The Balaban J connectivity index is 0.000000221. The van der Waals surface area contributed by atoms with Crippen LogP contribution in [0, 0.1) is 29.5 Å². The number of aliphatic hydroxyl groups excluding tert-OH is 1. The van der Waals surface area contributed by atoms with Crippen molar-refractivity contribution in [1.82, 2.24) is 8.94 Å². The fraction of sp³-hybridized carbons (Fsp3) is 0.571. The maximum absolute atomic E-state index is 14.5. The van der Waals surface area contributed by atoms with E-state index in [2.05, 4.69) is 48.1 Å². The van der Waals surface area contributed by atoms with Crippen LogP contribution < -0.4 is 14.4 Å². The van der Waals surface area contributed by atoms with Gasteiger partial charge in [0.15, 0.2) is 18.2 Å². The first-order valence-corrected chi connectivity index (χ1v) is 18.3. The second kappa shape index (κ2) is 16.7. The quantitative estimate of drug-likeness (QED) is 0.157. The van der Waals surface area contributed by atoms with Gasteiger partial charge in [-0.1, -0.05) is 52.1 Å². The Bertz CT molecular complexity index is 1670. The number of rotatable bonds is 11. The molecule has 13 heteroatoms. The summed E-state index contributed by atoms with van der Waals surface area (Å²) in [6, 6.07) is 2.76. The number of benzene rings is 1. The number of oxime groups is 1. The van der Waals surface area contributed by atoms with Gasteiger partial charge in [-0.3, -0.25) is 14.5 Å². The molecule has 2 atom stereocenters. The lowest BCUT2D eigenvalue weighted by Gasteiger charge is -2.28. The van der Waals surface area contributed by atoms with Crippen LogP contribution in [0.4, 0.5) is 15.8 Å². The zero-order valence-electron chi connectivity index (χ0n) is 28.7. The van der Waals surface area contributed by atoms with Gasteiger partial charge in [0.2, 0.25) is 4.80 Å². The number of halogens is 1. The average molecular weight is 700 g/mol. The molecule has 0 saturated heterocycles. The minimum absolute atomic E-state index is 0.00866. The van der Waals surface area contributed by atoms with Gasteiger partial charge < -0.3 is 19.2 Å². The Kier molecular flexibility index (Phi) is 12.9. The van der Waals surface area contributed by atoms with Crippen molar-refractivity contribution in [3.63, 3.8) is 0 Å². The summed E-state index contributed by atoms with van der Waals surface area (Å²) in [7, 11) is 0. The van der Waals surface area contributed by atoms with E-state index < -0.39 is 5.82 Å². The number of nitrogens with zero attached hydrogens (tertiary/aromatic N) is 5. The van der Waals surface area contributed by atoms with Crippen LogP contribution in [-0.4, -0.2) is 62.2 Å². The lowest BCUT2D eigenvalue weighted by molar-refractivity contribution is -0.121. The second-order valence-corrected chi connectivity index (χ2v) is 15.3. The third-order valence-electron chi connectivity index (χ3n) is 8.15. The topological polar surface area (TPSA) is 119 Å². The van der Waals surface area contributed by atoms with Gasteiger partial charge in [0.1, 0.15) is 29.6 Å². The molecule has 0 bridgehead atoms. The lowest BCUT2D eigenvalue weighted by Crippen LogP contribution is -2.39. The zero-order valence-corrected chi connectivity index (χ0v) is 30.3. The number of terminal acetylenes is 1. The van der Waals surface area contributed by atoms with E-state index in [1.165, 1.54) is 28.6 Å². The molecule has 48 heavy (non-hydrogen) atoms. The van der Waals surface area contributed by atoms with Crippen LogP contribution in [0.1, 0.15) is 79.5 Å². The Hall–Kier alpha value is -3.63. The van der Waals surface area contributed by atoms with Crippen LogP contribution in [-0.2, 0) is 27.4 Å². The molecule has 0 radical (unpaired) electrons. The Labute approximate surface area is 290 Å². The first-order valence-electron chi connectivity index (χ1n) is 16.5. The van der Waals surface area contributed by atoms with E-state index in [4.69, 9.17) is 16.0 Å². The van der Waals surface area contributed by atoms with Crippen molar-refractivity contribution in [2.24, 2.45) is 21.5 Å². The highest BCUT2D eigenvalue weighted by atomic mass is 32.2. The standard InChI is InChI=1S/C18H17FN4O2S.C17H29NO3S/c1-4-5-22-13-7-12(11(19)6-14(13)25-9-16(22)24)20-17-23-10-18(2,3)8-15(23)21-26-17;1-5-8-14(18-21-6-2)17-15(19)10-13(11-16(17)20)9-12(4)22-7-3/h1,6-7H,5,8-10H2,2-3H3;12-13,19H,5-11H2,1-4H3/b20-17-;18-14-. The Morgan fingerprint density at radius 3 is 2.75 bits per heavy atom. The number of hydrogen-bond donors (Lipinski definition) is 1. The van der Waals surface area contributed by atoms with Gasteiger partial charge in [-0.2, -0.15) is 16.1 Å². The molecule has 0 fully saturated rings. The van der Waals surface area contributed by atoms with Crippen molar-refractivity contribution in [1.29, 1.82) is 0 Å². The largest absolute Gasteiger partial charge is 0.511 e. The molecule has 2 aliphatic heterocycles. The van der Waals surface area contributed by atoms with Gasteiger partial charge in [-0.05, 0) is 42.9 Å². The van der Waals surface area contributed by atoms with Crippen molar-refractivity contribution >= 4 is 52.1 Å². The maximum atomic E-state index is 14.5. The molecule has 1 N–H and O–H groups in total. The molecule has 1 aliphatic carbocycles. The number of ketones is 1. The molecule has 260 valence electrons. The molecular weight excluding hydrogens is 654 g/mol. The van der Waals surface area contributed by atoms with Crippen molar-refractivity contribution in [3.8, 4) is 18.1 Å². The molecular formula is C35H46FN5O5S2. The van der Waals surface area contributed by atoms with E-state index in [1.807, 2.05) is 30.2 Å². The molecule has 3 heterocycles. The minimum Gasteiger partial charge on any atom is -0.511 e. The fourth-order valence-electron chi connectivity index (χ4n) is 6.13. The van der Waals surface area contributed by atoms with E-state index in [9.17, 15) is 19.1 Å². The van der Waals surface area contributed by atoms with E-state index in [-0.39, 0.29) is 47.6 Å². The van der Waals surface area contributed by atoms with Crippen LogP contribution in [0.15, 0.2) is 33.6 Å². The summed E-state index contributed by atoms with van der Waals surface area (Å²) < 4.78 is 26.3. The number of anilines is 1. The number of amides is 1. The highest BCUT2D eigenvalue weighted by Crippen LogP contribution is 2.38. The molecule has 2 aromatic rings.